The van der Waals surface area contributed by atoms with Gasteiger partial charge in [-0.15, -0.1) is 0 Å². The Labute approximate surface area is 134 Å². The van der Waals surface area contributed by atoms with Crippen LogP contribution in [-0.2, 0) is 9.59 Å². The molecule has 6 heteroatoms. The molecule has 0 fully saturated rings. The van der Waals surface area contributed by atoms with Crippen molar-refractivity contribution in [2.24, 2.45) is 0 Å². The van der Waals surface area contributed by atoms with E-state index in [2.05, 4.69) is 21.2 Å². The number of carbonyl (C=O) groups excluding carboxylic acids is 2. The molecule has 0 bridgehead atoms. The van der Waals surface area contributed by atoms with E-state index in [0.29, 0.717) is 19.6 Å². The van der Waals surface area contributed by atoms with Gasteiger partial charge in [0.25, 0.3) is 11.8 Å². The maximum atomic E-state index is 12.0. The van der Waals surface area contributed by atoms with Crippen LogP contribution in [0.4, 0.5) is 5.69 Å². The van der Waals surface area contributed by atoms with Crippen molar-refractivity contribution >= 4 is 33.4 Å². The van der Waals surface area contributed by atoms with Crippen LogP contribution in [0.15, 0.2) is 28.7 Å². The van der Waals surface area contributed by atoms with Crippen LogP contribution in [0.1, 0.15) is 13.8 Å². The number of likely N-dealkylation sites (N-methyl/N-ethyl adjacent to an activating group) is 2. The predicted octanol–water partition coefficient (Wildman–Crippen LogP) is 0.771. The third kappa shape index (κ3) is 6.27. The summed E-state index contributed by atoms with van der Waals surface area (Å²) >= 11 is 3.35. The third-order valence-electron chi connectivity index (χ3n) is 3.16. The molecule has 21 heavy (non-hydrogen) atoms. The van der Waals surface area contributed by atoms with Gasteiger partial charge in [-0.25, -0.2) is 0 Å². The van der Waals surface area contributed by atoms with Gasteiger partial charge in [-0.2, -0.15) is 0 Å². The molecular formula is C15H23BrN3O2+. The molecular weight excluding hydrogens is 334 g/mol. The fourth-order valence-electron chi connectivity index (χ4n) is 2.02. The molecule has 1 rings (SSSR count). The number of anilines is 1. The lowest BCUT2D eigenvalue weighted by molar-refractivity contribution is -0.862. The number of benzene rings is 1. The van der Waals surface area contributed by atoms with E-state index < -0.39 is 0 Å². The molecule has 0 saturated heterocycles. The summed E-state index contributed by atoms with van der Waals surface area (Å²) in [7, 11) is 1.85. The van der Waals surface area contributed by atoms with Gasteiger partial charge < -0.3 is 15.1 Å². The van der Waals surface area contributed by atoms with E-state index in [0.717, 1.165) is 15.1 Å². The largest absolute Gasteiger partial charge is 0.338 e. The zero-order valence-electron chi connectivity index (χ0n) is 12.8. The van der Waals surface area contributed by atoms with Crippen molar-refractivity contribution < 1.29 is 14.5 Å². The van der Waals surface area contributed by atoms with E-state index in [9.17, 15) is 9.59 Å². The molecule has 0 aliphatic rings. The van der Waals surface area contributed by atoms with Crippen molar-refractivity contribution in [1.82, 2.24) is 4.90 Å². The van der Waals surface area contributed by atoms with Crippen LogP contribution >= 0.6 is 15.9 Å². The van der Waals surface area contributed by atoms with Crippen molar-refractivity contribution in [2.75, 3.05) is 38.5 Å². The zero-order chi connectivity index (χ0) is 15.8. The van der Waals surface area contributed by atoms with Crippen molar-refractivity contribution in [3.05, 3.63) is 28.7 Å². The number of hydrogen-bond acceptors (Lipinski definition) is 2. The molecule has 1 atom stereocenters. The molecule has 2 amide bonds. The molecule has 0 aliphatic carbocycles. The van der Waals surface area contributed by atoms with Crippen molar-refractivity contribution in [3.63, 3.8) is 0 Å². The Morgan fingerprint density at radius 1 is 1.14 bits per heavy atom. The van der Waals surface area contributed by atoms with E-state index in [4.69, 9.17) is 0 Å². The highest BCUT2D eigenvalue weighted by Gasteiger charge is 2.17. The molecule has 0 radical (unpaired) electrons. The predicted molar refractivity (Wildman–Crippen MR) is 87.3 cm³/mol. The summed E-state index contributed by atoms with van der Waals surface area (Å²) < 4.78 is 0.966. The molecule has 0 spiro atoms. The summed E-state index contributed by atoms with van der Waals surface area (Å²) in [5.74, 6) is -0.0175. The summed E-state index contributed by atoms with van der Waals surface area (Å²) in [6.07, 6.45) is 0. The number of rotatable bonds is 7. The summed E-state index contributed by atoms with van der Waals surface area (Å²) in [5.41, 5.74) is 0.756. The van der Waals surface area contributed by atoms with Crippen molar-refractivity contribution in [1.29, 1.82) is 0 Å². The van der Waals surface area contributed by atoms with Gasteiger partial charge in [0.05, 0.1) is 7.05 Å². The Balaban J connectivity index is 2.43. The minimum Gasteiger partial charge on any atom is -0.338 e. The third-order valence-corrected chi connectivity index (χ3v) is 3.69. The first-order valence-electron chi connectivity index (χ1n) is 7.10. The number of halogens is 1. The average molecular weight is 357 g/mol. The van der Waals surface area contributed by atoms with E-state index in [1.165, 1.54) is 0 Å². The second-order valence-electron chi connectivity index (χ2n) is 4.93. The van der Waals surface area contributed by atoms with E-state index in [1.807, 2.05) is 45.2 Å². The number of nitrogens with one attached hydrogen (secondary N) is 2. The monoisotopic (exact) mass is 356 g/mol. The second-order valence-corrected chi connectivity index (χ2v) is 5.85. The average Bonchev–Trinajstić information content (AvgIpc) is 2.42. The van der Waals surface area contributed by atoms with Crippen LogP contribution in [-0.4, -0.2) is 49.9 Å². The number of amides is 2. The van der Waals surface area contributed by atoms with Crippen molar-refractivity contribution in [2.45, 2.75) is 13.8 Å². The molecule has 1 aromatic carbocycles. The lowest BCUT2D eigenvalue weighted by Gasteiger charge is -2.20. The Bertz CT molecular complexity index is 472. The zero-order valence-corrected chi connectivity index (χ0v) is 14.4. The van der Waals surface area contributed by atoms with Gasteiger partial charge in [-0.05, 0) is 38.1 Å². The van der Waals surface area contributed by atoms with E-state index >= 15 is 0 Å². The van der Waals surface area contributed by atoms with Gasteiger partial charge in [0.2, 0.25) is 0 Å². The van der Waals surface area contributed by atoms with E-state index in [-0.39, 0.29) is 18.4 Å². The first-order valence-corrected chi connectivity index (χ1v) is 7.90. The van der Waals surface area contributed by atoms with Crippen LogP contribution in [0.3, 0.4) is 0 Å². The van der Waals surface area contributed by atoms with Crippen LogP contribution in [0.2, 0.25) is 0 Å². The van der Waals surface area contributed by atoms with Gasteiger partial charge in [0.1, 0.15) is 0 Å². The molecule has 5 nitrogen and oxygen atoms in total. The molecule has 0 aliphatic heterocycles. The van der Waals surface area contributed by atoms with Crippen molar-refractivity contribution in [3.8, 4) is 0 Å². The number of nitrogens with zero attached hydrogens (tertiary/aromatic N) is 1. The normalized spacial score (nSPS) is 11.8. The molecule has 0 heterocycles. The van der Waals surface area contributed by atoms with Crippen LogP contribution in [0.5, 0.6) is 0 Å². The molecule has 0 aromatic heterocycles. The van der Waals surface area contributed by atoms with Crippen LogP contribution < -0.4 is 10.2 Å². The topological polar surface area (TPSA) is 53.9 Å². The molecule has 0 saturated carbocycles. The number of quaternary nitrogens is 1. The number of carbonyl (C=O) groups is 2. The lowest BCUT2D eigenvalue weighted by Crippen LogP contribution is -3.11. The van der Waals surface area contributed by atoms with Crippen LogP contribution in [0.25, 0.3) is 0 Å². The summed E-state index contributed by atoms with van der Waals surface area (Å²) in [6, 6.07) is 7.41. The maximum absolute atomic E-state index is 12.0. The smallest absolute Gasteiger partial charge is 0.279 e. The van der Waals surface area contributed by atoms with Gasteiger partial charge in [0, 0.05) is 23.2 Å². The maximum Gasteiger partial charge on any atom is 0.279 e. The lowest BCUT2D eigenvalue weighted by atomic mass is 10.3. The first kappa shape index (κ1) is 17.7. The van der Waals surface area contributed by atoms with Crippen LogP contribution in [0, 0.1) is 0 Å². The fraction of sp³-hybridized carbons (Fsp3) is 0.467. The summed E-state index contributed by atoms with van der Waals surface area (Å²) in [5, 5.41) is 2.82. The Kier molecular flexibility index (Phi) is 7.39. The highest BCUT2D eigenvalue weighted by atomic mass is 79.9. The van der Waals surface area contributed by atoms with Gasteiger partial charge in [-0.1, -0.05) is 15.9 Å². The molecule has 2 N–H and O–H groups in total. The quantitative estimate of drug-likeness (QED) is 0.758. The highest BCUT2D eigenvalue weighted by Crippen LogP contribution is 2.13. The second kappa shape index (κ2) is 8.79. The minimum atomic E-state index is -0.0952. The Hall–Kier alpha value is -1.40. The van der Waals surface area contributed by atoms with Gasteiger partial charge >= 0.3 is 0 Å². The minimum absolute atomic E-state index is 0.0777. The Morgan fingerprint density at radius 2 is 1.71 bits per heavy atom. The van der Waals surface area contributed by atoms with E-state index in [1.54, 1.807) is 4.90 Å². The fourth-order valence-corrected chi connectivity index (χ4v) is 2.29. The van der Waals surface area contributed by atoms with Gasteiger partial charge in [0.15, 0.2) is 13.1 Å². The summed E-state index contributed by atoms with van der Waals surface area (Å²) in [6.45, 7) is 5.91. The summed E-state index contributed by atoms with van der Waals surface area (Å²) in [4.78, 5) is 26.5. The highest BCUT2D eigenvalue weighted by molar-refractivity contribution is 9.10. The Morgan fingerprint density at radius 3 is 2.24 bits per heavy atom. The number of hydrogen-bond donors (Lipinski definition) is 2. The molecule has 1 aromatic rings. The first-order chi connectivity index (χ1) is 9.96. The standard InChI is InChI=1S/C15H22BrN3O2/c1-4-19(5-2)15(21)11-18(3)10-14(20)17-13-8-6-12(16)7-9-13/h6-9H,4-5,10-11H2,1-3H3,(H,17,20)/p+1. The van der Waals surface area contributed by atoms with Gasteiger partial charge in [-0.3, -0.25) is 9.59 Å². The molecule has 1 unspecified atom stereocenters. The molecule has 116 valence electrons. The SMILES string of the molecule is CCN(CC)C(=O)C[NH+](C)CC(=O)Nc1ccc(Br)cc1.